The van der Waals surface area contributed by atoms with Crippen LogP contribution in [0.25, 0.3) is 0 Å². The van der Waals surface area contributed by atoms with Crippen LogP contribution in [-0.4, -0.2) is 21.2 Å². The van der Waals surface area contributed by atoms with Gasteiger partial charge >= 0.3 is 8.60 Å². The quantitative estimate of drug-likeness (QED) is 0.222. The Kier molecular flexibility index (Phi) is 27.2. The first-order chi connectivity index (χ1) is 11.1. The Hall–Kier alpha value is 0.270. The van der Waals surface area contributed by atoms with Gasteiger partial charge in [-0.25, -0.2) is 0 Å². The van der Waals surface area contributed by atoms with Crippen molar-refractivity contribution in [2.45, 2.75) is 110 Å². The van der Waals surface area contributed by atoms with Gasteiger partial charge in [0.05, 0.1) is 0 Å². The SMILES string of the molecule is CCCCCCCCCCCCCCCCCCN.OP(O)O. The second-order valence-corrected chi connectivity index (χ2v) is 6.90. The van der Waals surface area contributed by atoms with Gasteiger partial charge in [-0.05, 0) is 13.0 Å². The van der Waals surface area contributed by atoms with Gasteiger partial charge < -0.3 is 20.4 Å². The molecule has 4 nitrogen and oxygen atoms in total. The zero-order chi connectivity index (χ0) is 17.6. The molecule has 0 aromatic rings. The van der Waals surface area contributed by atoms with E-state index in [-0.39, 0.29) is 0 Å². The van der Waals surface area contributed by atoms with Gasteiger partial charge in [0.1, 0.15) is 0 Å². The minimum atomic E-state index is -2.62. The number of hydrogen-bond donors (Lipinski definition) is 4. The molecule has 5 N–H and O–H groups in total. The summed E-state index contributed by atoms with van der Waals surface area (Å²) >= 11 is 0. The highest BCUT2D eigenvalue weighted by Gasteiger charge is 1.94. The lowest BCUT2D eigenvalue weighted by Gasteiger charge is -2.03. The van der Waals surface area contributed by atoms with Crippen LogP contribution >= 0.6 is 8.60 Å². The normalized spacial score (nSPS) is 10.7. The van der Waals surface area contributed by atoms with Gasteiger partial charge in [0.25, 0.3) is 0 Å². The standard InChI is InChI=1S/C18H39N.H3O3P/c1-2-3-4-5-6-7-8-9-10-11-12-13-14-15-16-17-18-19;1-4(2)3/h2-19H2,1H3;1-3H. The largest absolute Gasteiger partial charge is 0.330 e. The molecular weight excluding hydrogens is 309 g/mol. The zero-order valence-corrected chi connectivity index (χ0v) is 16.3. The van der Waals surface area contributed by atoms with Gasteiger partial charge in [-0.1, -0.05) is 103 Å². The van der Waals surface area contributed by atoms with Gasteiger partial charge in [-0.15, -0.1) is 0 Å². The minimum Gasteiger partial charge on any atom is -0.330 e. The predicted octanol–water partition coefficient (Wildman–Crippen LogP) is 5.40. The van der Waals surface area contributed by atoms with Gasteiger partial charge in [0.2, 0.25) is 0 Å². The Morgan fingerprint density at radius 2 is 0.739 bits per heavy atom. The van der Waals surface area contributed by atoms with Crippen LogP contribution in [0.4, 0.5) is 0 Å². The Morgan fingerprint density at radius 1 is 0.522 bits per heavy atom. The fourth-order valence-corrected chi connectivity index (χ4v) is 2.69. The molecule has 0 heterocycles. The van der Waals surface area contributed by atoms with E-state index in [1.54, 1.807) is 0 Å². The van der Waals surface area contributed by atoms with E-state index in [9.17, 15) is 0 Å². The van der Waals surface area contributed by atoms with Crippen molar-refractivity contribution in [1.29, 1.82) is 0 Å². The smallest absolute Gasteiger partial charge is 0.324 e. The van der Waals surface area contributed by atoms with E-state index in [0.717, 1.165) is 6.54 Å². The molecule has 0 amide bonds. The van der Waals surface area contributed by atoms with Gasteiger partial charge in [0.15, 0.2) is 0 Å². The van der Waals surface area contributed by atoms with Gasteiger partial charge in [-0.2, -0.15) is 0 Å². The number of unbranched alkanes of at least 4 members (excludes halogenated alkanes) is 15. The molecule has 142 valence electrons. The van der Waals surface area contributed by atoms with E-state index in [0.29, 0.717) is 0 Å². The van der Waals surface area contributed by atoms with Crippen LogP contribution < -0.4 is 5.73 Å². The van der Waals surface area contributed by atoms with Crippen molar-refractivity contribution in [3.8, 4) is 0 Å². The molecular formula is C18H42NO3P. The molecule has 0 fully saturated rings. The molecule has 0 radical (unpaired) electrons. The first kappa shape index (κ1) is 25.5. The van der Waals surface area contributed by atoms with Crippen LogP contribution in [0.15, 0.2) is 0 Å². The summed E-state index contributed by atoms with van der Waals surface area (Å²) in [6.45, 7) is 3.16. The van der Waals surface area contributed by atoms with Crippen molar-refractivity contribution in [1.82, 2.24) is 0 Å². The molecule has 0 aliphatic carbocycles. The molecule has 0 rings (SSSR count). The van der Waals surface area contributed by atoms with Gasteiger partial charge in [-0.3, -0.25) is 0 Å². The lowest BCUT2D eigenvalue weighted by atomic mass is 10.0. The number of hydrogen-bond acceptors (Lipinski definition) is 4. The second-order valence-electron chi connectivity index (χ2n) is 6.36. The summed E-state index contributed by atoms with van der Waals surface area (Å²) in [5.74, 6) is 0. The first-order valence-corrected chi connectivity index (χ1v) is 10.9. The highest BCUT2D eigenvalue weighted by atomic mass is 31.2. The molecule has 0 aliphatic rings. The summed E-state index contributed by atoms with van der Waals surface area (Å²) in [4.78, 5) is 21.7. The average Bonchev–Trinajstić information content (AvgIpc) is 2.50. The summed E-state index contributed by atoms with van der Waals surface area (Å²) in [6, 6.07) is 0. The summed E-state index contributed by atoms with van der Waals surface area (Å²) in [5.41, 5.74) is 5.48. The van der Waals surface area contributed by atoms with E-state index in [1.807, 2.05) is 0 Å². The van der Waals surface area contributed by atoms with Crippen LogP contribution in [0, 0.1) is 0 Å². The van der Waals surface area contributed by atoms with Crippen molar-refractivity contribution in [2.24, 2.45) is 5.73 Å². The molecule has 0 bridgehead atoms. The van der Waals surface area contributed by atoms with Crippen molar-refractivity contribution < 1.29 is 14.7 Å². The maximum absolute atomic E-state index is 7.23. The third kappa shape index (κ3) is 34.6. The Morgan fingerprint density at radius 3 is 0.957 bits per heavy atom. The maximum Gasteiger partial charge on any atom is 0.324 e. The van der Waals surface area contributed by atoms with Crippen molar-refractivity contribution in [2.75, 3.05) is 6.54 Å². The Labute approximate surface area is 145 Å². The maximum atomic E-state index is 7.23. The van der Waals surface area contributed by atoms with Crippen LogP contribution in [0.2, 0.25) is 0 Å². The fraction of sp³-hybridized carbons (Fsp3) is 1.00. The van der Waals surface area contributed by atoms with E-state index in [4.69, 9.17) is 20.4 Å². The Bertz CT molecular complexity index is 176. The minimum absolute atomic E-state index is 0.873. The van der Waals surface area contributed by atoms with E-state index in [2.05, 4.69) is 6.92 Å². The highest BCUT2D eigenvalue weighted by molar-refractivity contribution is 7.38. The third-order valence-electron chi connectivity index (χ3n) is 4.06. The molecule has 0 spiro atoms. The summed E-state index contributed by atoms with van der Waals surface area (Å²) < 4.78 is 0. The van der Waals surface area contributed by atoms with E-state index in [1.165, 1.54) is 103 Å². The summed E-state index contributed by atoms with van der Waals surface area (Å²) in [5, 5.41) is 0. The monoisotopic (exact) mass is 351 g/mol. The number of nitrogens with two attached hydrogens (primary N) is 1. The van der Waals surface area contributed by atoms with Crippen LogP contribution in [0.5, 0.6) is 0 Å². The average molecular weight is 352 g/mol. The Balaban J connectivity index is 0. The lowest BCUT2D eigenvalue weighted by molar-refractivity contribution is 0.368. The molecule has 0 aliphatic heterocycles. The topological polar surface area (TPSA) is 86.7 Å². The van der Waals surface area contributed by atoms with Crippen molar-refractivity contribution >= 4 is 8.60 Å². The molecule has 0 aromatic heterocycles. The molecule has 23 heavy (non-hydrogen) atoms. The summed E-state index contributed by atoms with van der Waals surface area (Å²) in [7, 11) is -2.62. The third-order valence-corrected chi connectivity index (χ3v) is 4.06. The zero-order valence-electron chi connectivity index (χ0n) is 15.4. The van der Waals surface area contributed by atoms with E-state index < -0.39 is 8.60 Å². The van der Waals surface area contributed by atoms with Crippen LogP contribution in [0.3, 0.4) is 0 Å². The molecule has 0 saturated heterocycles. The number of rotatable bonds is 16. The van der Waals surface area contributed by atoms with Crippen LogP contribution in [-0.2, 0) is 0 Å². The fourth-order valence-electron chi connectivity index (χ4n) is 2.69. The van der Waals surface area contributed by atoms with Gasteiger partial charge in [0, 0.05) is 0 Å². The second kappa shape index (κ2) is 24.5. The molecule has 0 saturated carbocycles. The molecule has 5 heteroatoms. The first-order valence-electron chi connectivity index (χ1n) is 9.72. The lowest BCUT2D eigenvalue weighted by Crippen LogP contribution is -1.97. The predicted molar refractivity (Wildman–Crippen MR) is 102 cm³/mol. The van der Waals surface area contributed by atoms with Crippen molar-refractivity contribution in [3.05, 3.63) is 0 Å². The summed E-state index contributed by atoms with van der Waals surface area (Å²) in [6.07, 6.45) is 22.9. The van der Waals surface area contributed by atoms with E-state index >= 15 is 0 Å². The molecule has 0 unspecified atom stereocenters. The van der Waals surface area contributed by atoms with Crippen molar-refractivity contribution in [3.63, 3.8) is 0 Å². The molecule has 0 atom stereocenters. The highest BCUT2D eigenvalue weighted by Crippen LogP contribution is 2.13. The molecule has 0 aromatic carbocycles. The van der Waals surface area contributed by atoms with Crippen LogP contribution in [0.1, 0.15) is 110 Å².